The molecule has 136 valence electrons. The van der Waals surface area contributed by atoms with Gasteiger partial charge in [0.1, 0.15) is 12.0 Å². The van der Waals surface area contributed by atoms with Crippen LogP contribution in [0.5, 0.6) is 0 Å². The fourth-order valence-electron chi connectivity index (χ4n) is 2.44. The molecule has 1 heterocycles. The molecule has 27 heavy (non-hydrogen) atoms. The molecule has 0 atom stereocenters. The minimum absolute atomic E-state index is 0.136. The van der Waals surface area contributed by atoms with Gasteiger partial charge in [0.2, 0.25) is 0 Å². The second-order valence-electron chi connectivity index (χ2n) is 5.43. The number of amides is 1. The third kappa shape index (κ3) is 4.18. The summed E-state index contributed by atoms with van der Waals surface area (Å²) in [7, 11) is 1.47. The Morgan fingerprint density at radius 3 is 2.56 bits per heavy atom. The zero-order valence-corrected chi connectivity index (χ0v) is 14.3. The number of oxime groups is 1. The fraction of sp³-hybridized carbons (Fsp3) is 0.0526. The molecule has 0 aliphatic rings. The van der Waals surface area contributed by atoms with Crippen molar-refractivity contribution >= 4 is 23.7 Å². The first-order valence-electron chi connectivity index (χ1n) is 7.90. The summed E-state index contributed by atoms with van der Waals surface area (Å²) in [5, 5.41) is 17.1. The highest BCUT2D eigenvalue weighted by Crippen LogP contribution is 2.28. The van der Waals surface area contributed by atoms with Gasteiger partial charge in [0.25, 0.3) is 5.91 Å². The summed E-state index contributed by atoms with van der Waals surface area (Å²) < 4.78 is 4.94. The highest BCUT2D eigenvalue weighted by atomic mass is 16.6. The Bertz CT molecular complexity index is 993. The lowest BCUT2D eigenvalue weighted by molar-refractivity contribution is -0.402. The molecule has 0 saturated heterocycles. The summed E-state index contributed by atoms with van der Waals surface area (Å²) >= 11 is 0. The third-order valence-electron chi connectivity index (χ3n) is 3.70. The van der Waals surface area contributed by atoms with Gasteiger partial charge in [0.15, 0.2) is 5.76 Å². The molecule has 0 aliphatic heterocycles. The molecular weight excluding hydrogens is 350 g/mol. The van der Waals surface area contributed by atoms with E-state index in [1.165, 1.54) is 13.2 Å². The van der Waals surface area contributed by atoms with Crippen molar-refractivity contribution in [2.24, 2.45) is 5.16 Å². The van der Waals surface area contributed by atoms with Crippen molar-refractivity contribution in [2.45, 2.75) is 0 Å². The summed E-state index contributed by atoms with van der Waals surface area (Å²) in [6.07, 6.45) is 1.58. The molecule has 2 aromatic carbocycles. The number of rotatable bonds is 6. The van der Waals surface area contributed by atoms with Crippen LogP contribution in [0.1, 0.15) is 16.1 Å². The Morgan fingerprint density at radius 1 is 1.15 bits per heavy atom. The molecule has 8 nitrogen and oxygen atoms in total. The number of benzene rings is 2. The summed E-state index contributed by atoms with van der Waals surface area (Å²) in [5.41, 5.74) is 3.10. The predicted molar refractivity (Wildman–Crippen MR) is 99.8 cm³/mol. The number of nitrogens with one attached hydrogen (secondary N) is 1. The highest BCUT2D eigenvalue weighted by Gasteiger charge is 2.18. The number of carbonyl (C=O) groups is 1. The minimum Gasteiger partial charge on any atom is -0.399 e. The van der Waals surface area contributed by atoms with E-state index >= 15 is 0 Å². The first-order valence-corrected chi connectivity index (χ1v) is 7.90. The second-order valence-corrected chi connectivity index (χ2v) is 5.43. The van der Waals surface area contributed by atoms with Gasteiger partial charge in [-0.15, -0.1) is 0 Å². The van der Waals surface area contributed by atoms with E-state index in [-0.39, 0.29) is 5.76 Å². The molecule has 0 aliphatic carbocycles. The zero-order chi connectivity index (χ0) is 19.2. The van der Waals surface area contributed by atoms with Crippen molar-refractivity contribution in [3.63, 3.8) is 0 Å². The van der Waals surface area contributed by atoms with E-state index in [0.717, 1.165) is 22.8 Å². The molecule has 0 saturated carbocycles. The fourth-order valence-corrected chi connectivity index (χ4v) is 2.44. The van der Waals surface area contributed by atoms with Gasteiger partial charge in [-0.05, 0) is 23.3 Å². The maximum Gasteiger partial charge on any atom is 0.433 e. The Labute approximate surface area is 154 Å². The summed E-state index contributed by atoms with van der Waals surface area (Å²) in [4.78, 5) is 27.0. The maximum atomic E-state index is 12.3. The molecule has 3 rings (SSSR count). The van der Waals surface area contributed by atoms with E-state index in [0.29, 0.717) is 5.69 Å². The lowest BCUT2D eigenvalue weighted by atomic mass is 10.0. The molecule has 0 bridgehead atoms. The largest absolute Gasteiger partial charge is 0.433 e. The maximum absolute atomic E-state index is 12.3. The molecule has 1 amide bonds. The topological polar surface area (TPSA) is 107 Å². The molecule has 0 unspecified atom stereocenters. The number of hydrogen-bond acceptors (Lipinski definition) is 6. The van der Waals surface area contributed by atoms with E-state index in [1.54, 1.807) is 18.3 Å². The predicted octanol–water partition coefficient (Wildman–Crippen LogP) is 4.09. The minimum atomic E-state index is -0.695. The average molecular weight is 365 g/mol. The Morgan fingerprint density at radius 2 is 1.89 bits per heavy atom. The van der Waals surface area contributed by atoms with Crippen LogP contribution in [0.4, 0.5) is 11.6 Å². The van der Waals surface area contributed by atoms with Crippen LogP contribution in [0.2, 0.25) is 0 Å². The molecule has 8 heteroatoms. The number of para-hydroxylation sites is 1. The van der Waals surface area contributed by atoms with Crippen molar-refractivity contribution in [1.82, 2.24) is 0 Å². The van der Waals surface area contributed by atoms with E-state index in [2.05, 4.69) is 15.3 Å². The lowest BCUT2D eigenvalue weighted by Gasteiger charge is -2.10. The van der Waals surface area contributed by atoms with Crippen LogP contribution in [0.3, 0.4) is 0 Å². The van der Waals surface area contributed by atoms with Gasteiger partial charge >= 0.3 is 5.88 Å². The Hall–Kier alpha value is -3.94. The van der Waals surface area contributed by atoms with Crippen molar-refractivity contribution in [2.75, 3.05) is 12.4 Å². The lowest BCUT2D eigenvalue weighted by Crippen LogP contribution is -2.11. The van der Waals surface area contributed by atoms with E-state index in [9.17, 15) is 14.9 Å². The zero-order valence-electron chi connectivity index (χ0n) is 14.3. The van der Waals surface area contributed by atoms with Crippen LogP contribution in [0.25, 0.3) is 11.1 Å². The van der Waals surface area contributed by atoms with Gasteiger partial charge in [-0.3, -0.25) is 14.9 Å². The molecular formula is C19H15N3O5. The highest BCUT2D eigenvalue weighted by molar-refractivity contribution is 6.04. The number of anilines is 1. The average Bonchev–Trinajstić information content (AvgIpc) is 3.18. The number of furan rings is 1. The van der Waals surface area contributed by atoms with Crippen molar-refractivity contribution < 1.29 is 19.0 Å². The standard InChI is InChI=1S/C19H15N3O5/c1-26-20-12-13-6-8-14(9-7-13)15-4-2-3-5-16(15)21-19(23)17-10-11-18(27-17)22(24)25/h2-12H,1H3,(H,21,23)/b20-12+. The molecule has 0 spiro atoms. The molecule has 1 N–H and O–H groups in total. The van der Waals surface area contributed by atoms with Crippen molar-refractivity contribution in [3.05, 3.63) is 82.1 Å². The van der Waals surface area contributed by atoms with Crippen LogP contribution < -0.4 is 5.32 Å². The van der Waals surface area contributed by atoms with Gasteiger partial charge < -0.3 is 14.6 Å². The summed E-state index contributed by atoms with van der Waals surface area (Å²) in [6.45, 7) is 0. The van der Waals surface area contributed by atoms with E-state index in [1.807, 2.05) is 36.4 Å². The normalized spacial score (nSPS) is 10.7. The number of carbonyl (C=O) groups excluding carboxylic acids is 1. The van der Waals surface area contributed by atoms with E-state index in [4.69, 9.17) is 4.42 Å². The molecule has 0 fully saturated rings. The van der Waals surface area contributed by atoms with Crippen LogP contribution in [0, 0.1) is 10.1 Å². The van der Waals surface area contributed by atoms with Gasteiger partial charge in [-0.25, -0.2) is 0 Å². The Balaban J connectivity index is 1.84. The number of nitro groups is 1. The van der Waals surface area contributed by atoms with E-state index < -0.39 is 16.7 Å². The van der Waals surface area contributed by atoms with Crippen LogP contribution >= 0.6 is 0 Å². The van der Waals surface area contributed by atoms with Gasteiger partial charge in [-0.1, -0.05) is 47.6 Å². The molecule has 0 radical (unpaired) electrons. The van der Waals surface area contributed by atoms with Crippen LogP contribution in [-0.2, 0) is 4.84 Å². The van der Waals surface area contributed by atoms with Crippen molar-refractivity contribution in [3.8, 4) is 11.1 Å². The second kappa shape index (κ2) is 7.96. The van der Waals surface area contributed by atoms with Crippen LogP contribution in [0.15, 0.2) is 70.2 Å². The first-order chi connectivity index (χ1) is 13.1. The SMILES string of the molecule is CO/N=C/c1ccc(-c2ccccc2NC(=O)c2ccc([N+](=O)[O-])o2)cc1. The van der Waals surface area contributed by atoms with Gasteiger partial charge in [0.05, 0.1) is 12.3 Å². The van der Waals surface area contributed by atoms with Gasteiger partial charge in [-0.2, -0.15) is 0 Å². The number of nitrogens with zero attached hydrogens (tertiary/aromatic N) is 2. The summed E-state index contributed by atoms with van der Waals surface area (Å²) in [5.74, 6) is -1.19. The Kier molecular flexibility index (Phi) is 5.27. The smallest absolute Gasteiger partial charge is 0.399 e. The van der Waals surface area contributed by atoms with Gasteiger partial charge in [0, 0.05) is 11.3 Å². The van der Waals surface area contributed by atoms with Crippen LogP contribution in [-0.4, -0.2) is 24.2 Å². The molecule has 3 aromatic rings. The third-order valence-corrected chi connectivity index (χ3v) is 3.70. The first kappa shape index (κ1) is 17.9. The van der Waals surface area contributed by atoms with Crippen molar-refractivity contribution in [1.29, 1.82) is 0 Å². The quantitative estimate of drug-likeness (QED) is 0.402. The monoisotopic (exact) mass is 365 g/mol. The molecule has 1 aromatic heterocycles. The summed E-state index contributed by atoms with van der Waals surface area (Å²) in [6, 6.07) is 17.1. The number of hydrogen-bond donors (Lipinski definition) is 1.